The van der Waals surface area contributed by atoms with Crippen molar-refractivity contribution in [2.45, 2.75) is 6.18 Å². The van der Waals surface area contributed by atoms with E-state index < -0.39 is 11.9 Å². The fraction of sp³-hybridized carbons (Fsp3) is 0.154. The summed E-state index contributed by atoms with van der Waals surface area (Å²) in [6.45, 7) is 0. The summed E-state index contributed by atoms with van der Waals surface area (Å²) in [5.41, 5.74) is -0.522. The molecule has 1 N–H and O–H groups in total. The molecule has 3 rings (SSSR count). The molecule has 10 heteroatoms. The van der Waals surface area contributed by atoms with Crippen LogP contribution in [0.1, 0.15) is 5.69 Å². The molecule has 0 saturated carbocycles. The van der Waals surface area contributed by atoms with Gasteiger partial charge in [0.25, 0.3) is 5.78 Å². The van der Waals surface area contributed by atoms with Crippen molar-refractivity contribution in [1.82, 2.24) is 19.6 Å². The molecule has 1 aromatic carbocycles. The summed E-state index contributed by atoms with van der Waals surface area (Å²) in [5, 5.41) is 6.74. The highest BCUT2D eigenvalue weighted by molar-refractivity contribution is 9.10. The highest BCUT2D eigenvalue weighted by Crippen LogP contribution is 2.32. The summed E-state index contributed by atoms with van der Waals surface area (Å²) >= 11 is 3.31. The largest absolute Gasteiger partial charge is 0.495 e. The van der Waals surface area contributed by atoms with E-state index in [2.05, 4.69) is 36.3 Å². The van der Waals surface area contributed by atoms with E-state index in [1.165, 1.54) is 11.6 Å². The zero-order chi connectivity index (χ0) is 16.6. The lowest BCUT2D eigenvalue weighted by molar-refractivity contribution is -0.141. The molecule has 0 unspecified atom stereocenters. The van der Waals surface area contributed by atoms with Crippen LogP contribution in [0.4, 0.5) is 24.7 Å². The fourth-order valence-electron chi connectivity index (χ4n) is 1.93. The van der Waals surface area contributed by atoms with Gasteiger partial charge in [-0.15, -0.1) is 0 Å². The van der Waals surface area contributed by atoms with Crippen LogP contribution in [0.5, 0.6) is 5.75 Å². The highest BCUT2D eigenvalue weighted by Gasteiger charge is 2.34. The van der Waals surface area contributed by atoms with Crippen molar-refractivity contribution in [1.29, 1.82) is 0 Å². The van der Waals surface area contributed by atoms with Gasteiger partial charge in [-0.1, -0.05) is 0 Å². The molecule has 0 saturated heterocycles. The number of hydrogen-bond donors (Lipinski definition) is 1. The molecule has 0 radical (unpaired) electrons. The summed E-state index contributed by atoms with van der Waals surface area (Å²) in [6.07, 6.45) is -3.45. The third-order valence-corrected chi connectivity index (χ3v) is 3.62. The van der Waals surface area contributed by atoms with E-state index in [9.17, 15) is 13.2 Å². The number of rotatable bonds is 3. The predicted molar refractivity (Wildman–Crippen MR) is 79.8 cm³/mol. The Morgan fingerprint density at radius 1 is 1.26 bits per heavy atom. The second-order valence-corrected chi connectivity index (χ2v) is 5.32. The van der Waals surface area contributed by atoms with Gasteiger partial charge >= 0.3 is 6.18 Å². The van der Waals surface area contributed by atoms with E-state index >= 15 is 0 Å². The third-order valence-electron chi connectivity index (χ3n) is 2.97. The highest BCUT2D eigenvalue weighted by atomic mass is 79.9. The molecular formula is C13H9BrF3N5O. The molecule has 2 aromatic heterocycles. The van der Waals surface area contributed by atoms with Gasteiger partial charge in [0.1, 0.15) is 17.9 Å². The van der Waals surface area contributed by atoms with Crippen LogP contribution >= 0.6 is 15.9 Å². The Morgan fingerprint density at radius 3 is 2.74 bits per heavy atom. The van der Waals surface area contributed by atoms with Crippen LogP contribution in [0.25, 0.3) is 5.78 Å². The molecule has 3 aromatic rings. The zero-order valence-electron chi connectivity index (χ0n) is 11.6. The van der Waals surface area contributed by atoms with Crippen molar-refractivity contribution in [3.8, 4) is 5.75 Å². The van der Waals surface area contributed by atoms with Crippen molar-refractivity contribution < 1.29 is 17.9 Å². The summed E-state index contributed by atoms with van der Waals surface area (Å²) in [5.74, 6) is 0.477. The summed E-state index contributed by atoms with van der Waals surface area (Å²) in [7, 11) is 1.49. The van der Waals surface area contributed by atoms with E-state index in [0.29, 0.717) is 11.4 Å². The first-order chi connectivity index (χ1) is 10.9. The zero-order valence-corrected chi connectivity index (χ0v) is 13.2. The lowest BCUT2D eigenvalue weighted by Gasteiger charge is -2.12. The van der Waals surface area contributed by atoms with Crippen LogP contribution in [0.15, 0.2) is 35.1 Å². The first-order valence-electron chi connectivity index (χ1n) is 6.27. The molecule has 0 aliphatic carbocycles. The number of methoxy groups -OCH3 is 1. The van der Waals surface area contributed by atoms with Gasteiger partial charge in [-0.05, 0) is 28.1 Å². The molecule has 0 fully saturated rings. The first-order valence-corrected chi connectivity index (χ1v) is 7.06. The molecule has 0 aliphatic rings. The summed E-state index contributed by atoms with van der Waals surface area (Å²) in [4.78, 5) is 7.16. The van der Waals surface area contributed by atoms with Crippen molar-refractivity contribution >= 4 is 33.2 Å². The van der Waals surface area contributed by atoms with Crippen molar-refractivity contribution in [3.05, 3.63) is 40.8 Å². The van der Waals surface area contributed by atoms with Crippen LogP contribution in [0.3, 0.4) is 0 Å². The number of anilines is 2. The molecular weight excluding hydrogens is 379 g/mol. The maximum Gasteiger partial charge on any atom is 0.433 e. The number of alkyl halides is 3. The number of halogens is 4. The number of ether oxygens (including phenoxy) is 1. The molecule has 0 aliphatic heterocycles. The Balaban J connectivity index is 2.07. The second-order valence-electron chi connectivity index (χ2n) is 4.47. The molecule has 0 bridgehead atoms. The number of nitrogens with zero attached hydrogens (tertiary/aromatic N) is 4. The van der Waals surface area contributed by atoms with E-state index in [1.807, 2.05) is 0 Å². The van der Waals surface area contributed by atoms with Crippen LogP contribution < -0.4 is 10.1 Å². The maximum absolute atomic E-state index is 12.9. The van der Waals surface area contributed by atoms with E-state index in [0.717, 1.165) is 16.9 Å². The SMILES string of the molecule is COc1cc(Nc2cc(C(F)(F)F)nc3ncnn23)ccc1Br. The number of aromatic nitrogens is 4. The lowest BCUT2D eigenvalue weighted by atomic mass is 10.3. The van der Waals surface area contributed by atoms with Gasteiger partial charge < -0.3 is 10.1 Å². The Labute approximate surface area is 136 Å². The van der Waals surface area contributed by atoms with Crippen molar-refractivity contribution in [2.24, 2.45) is 0 Å². The number of hydrogen-bond acceptors (Lipinski definition) is 5. The predicted octanol–water partition coefficient (Wildman–Crippen LogP) is 3.66. The van der Waals surface area contributed by atoms with Gasteiger partial charge in [0.05, 0.1) is 11.6 Å². The molecule has 2 heterocycles. The normalized spacial score (nSPS) is 11.7. The average molecular weight is 388 g/mol. The monoisotopic (exact) mass is 387 g/mol. The van der Waals surface area contributed by atoms with Crippen LogP contribution in [0.2, 0.25) is 0 Å². The Kier molecular flexibility index (Phi) is 3.84. The average Bonchev–Trinajstić information content (AvgIpc) is 2.97. The molecule has 23 heavy (non-hydrogen) atoms. The van der Waals surface area contributed by atoms with Gasteiger partial charge in [0.15, 0.2) is 5.69 Å². The Morgan fingerprint density at radius 2 is 2.04 bits per heavy atom. The summed E-state index contributed by atoms with van der Waals surface area (Å²) in [6, 6.07) is 5.91. The van der Waals surface area contributed by atoms with Gasteiger partial charge in [0, 0.05) is 17.8 Å². The lowest BCUT2D eigenvalue weighted by Crippen LogP contribution is -2.12. The standard InChI is InChI=1S/C13H9BrF3N5O/c1-23-9-4-7(2-3-8(9)14)20-11-5-10(13(15,16)17)21-12-18-6-19-22(11)12/h2-6,20H,1H3. The Hall–Kier alpha value is -2.36. The van der Waals surface area contributed by atoms with Crippen molar-refractivity contribution in [2.75, 3.05) is 12.4 Å². The fourth-order valence-corrected chi connectivity index (χ4v) is 2.34. The van der Waals surface area contributed by atoms with Crippen LogP contribution in [-0.4, -0.2) is 26.7 Å². The maximum atomic E-state index is 12.9. The minimum atomic E-state index is -4.58. The number of nitrogens with one attached hydrogen (secondary N) is 1. The van der Waals surface area contributed by atoms with Gasteiger partial charge in [0.2, 0.25) is 0 Å². The molecule has 6 nitrogen and oxygen atoms in total. The molecule has 0 atom stereocenters. The molecule has 120 valence electrons. The number of fused-ring (bicyclic) bond motifs is 1. The van der Waals surface area contributed by atoms with E-state index in [1.54, 1.807) is 18.2 Å². The van der Waals surface area contributed by atoms with Crippen LogP contribution in [-0.2, 0) is 6.18 Å². The van der Waals surface area contributed by atoms with Crippen molar-refractivity contribution in [3.63, 3.8) is 0 Å². The molecule has 0 amide bonds. The topological polar surface area (TPSA) is 64.3 Å². The minimum absolute atomic E-state index is 0.0872. The van der Waals surface area contributed by atoms with Gasteiger partial charge in [-0.25, -0.2) is 4.98 Å². The minimum Gasteiger partial charge on any atom is -0.495 e. The van der Waals surface area contributed by atoms with E-state index in [-0.39, 0.29) is 11.6 Å². The number of benzene rings is 1. The van der Waals surface area contributed by atoms with Gasteiger partial charge in [-0.3, -0.25) is 0 Å². The molecule has 0 spiro atoms. The Bertz CT molecular complexity index is 864. The van der Waals surface area contributed by atoms with Gasteiger partial charge in [-0.2, -0.15) is 27.8 Å². The third kappa shape index (κ3) is 3.07. The smallest absolute Gasteiger partial charge is 0.433 e. The first kappa shape index (κ1) is 15.5. The van der Waals surface area contributed by atoms with E-state index in [4.69, 9.17) is 4.74 Å². The quantitative estimate of drug-likeness (QED) is 0.742. The summed E-state index contributed by atoms with van der Waals surface area (Å²) < 4.78 is 45.9. The second kappa shape index (κ2) is 5.69. The van der Waals surface area contributed by atoms with Crippen LogP contribution in [0, 0.1) is 0 Å².